The molecule has 1 aromatic carbocycles. The Bertz CT molecular complexity index is 565. The Kier molecular flexibility index (Phi) is 5.27. The summed E-state index contributed by atoms with van der Waals surface area (Å²) in [6, 6.07) is 5.62. The number of amides is 1. The molecular formula is C13H20N2O4S. The third kappa shape index (κ3) is 4.29. The Morgan fingerprint density at radius 2 is 1.80 bits per heavy atom. The molecule has 1 rings (SSSR count). The van der Waals surface area contributed by atoms with Crippen LogP contribution in [0.2, 0.25) is 0 Å². The number of hydrogen-bond acceptors (Lipinski definition) is 4. The second kappa shape index (κ2) is 6.34. The zero-order valence-corrected chi connectivity index (χ0v) is 12.6. The Balaban J connectivity index is 2.90. The van der Waals surface area contributed by atoms with Crippen molar-refractivity contribution in [1.29, 1.82) is 0 Å². The first-order chi connectivity index (χ1) is 9.22. The molecule has 0 radical (unpaired) electrons. The molecule has 0 bridgehead atoms. The van der Waals surface area contributed by atoms with Crippen molar-refractivity contribution in [2.24, 2.45) is 0 Å². The van der Waals surface area contributed by atoms with Crippen molar-refractivity contribution in [1.82, 2.24) is 10.0 Å². The Hall–Kier alpha value is -1.44. The van der Waals surface area contributed by atoms with Crippen molar-refractivity contribution >= 4 is 15.9 Å². The summed E-state index contributed by atoms with van der Waals surface area (Å²) in [5, 5.41) is 11.7. The van der Waals surface area contributed by atoms with Gasteiger partial charge in [0.25, 0.3) is 5.91 Å². The van der Waals surface area contributed by atoms with Gasteiger partial charge in [-0.2, -0.15) is 0 Å². The lowest BCUT2D eigenvalue weighted by molar-refractivity contribution is 0.0869. The molecule has 0 aromatic heterocycles. The van der Waals surface area contributed by atoms with Gasteiger partial charge in [0.05, 0.1) is 17.0 Å². The first kappa shape index (κ1) is 16.6. The summed E-state index contributed by atoms with van der Waals surface area (Å²) in [4.78, 5) is 12.0. The van der Waals surface area contributed by atoms with E-state index >= 15 is 0 Å². The lowest BCUT2D eigenvalue weighted by Crippen LogP contribution is -2.46. The number of carbonyl (C=O) groups excluding carboxylic acids is 1. The molecule has 7 heteroatoms. The van der Waals surface area contributed by atoms with E-state index in [0.717, 1.165) is 0 Å². The first-order valence-corrected chi connectivity index (χ1v) is 7.73. The van der Waals surface area contributed by atoms with Gasteiger partial charge in [0, 0.05) is 12.1 Å². The number of sulfonamides is 1. The Morgan fingerprint density at radius 3 is 2.25 bits per heavy atom. The number of rotatable bonds is 6. The van der Waals surface area contributed by atoms with Crippen LogP contribution in [-0.2, 0) is 10.0 Å². The zero-order valence-electron chi connectivity index (χ0n) is 11.8. The van der Waals surface area contributed by atoms with Crippen LogP contribution in [0, 0.1) is 0 Å². The van der Waals surface area contributed by atoms with Gasteiger partial charge >= 0.3 is 0 Å². The fourth-order valence-electron chi connectivity index (χ4n) is 1.48. The minimum absolute atomic E-state index is 0.109. The molecule has 0 heterocycles. The van der Waals surface area contributed by atoms with Gasteiger partial charge in [-0.25, -0.2) is 13.1 Å². The minimum Gasteiger partial charge on any atom is -0.394 e. The van der Waals surface area contributed by atoms with Crippen LogP contribution in [0.3, 0.4) is 0 Å². The summed E-state index contributed by atoms with van der Waals surface area (Å²) in [6.45, 7) is 5.18. The van der Waals surface area contributed by atoms with Gasteiger partial charge in [-0.3, -0.25) is 4.79 Å². The normalized spacial score (nSPS) is 12.2. The van der Waals surface area contributed by atoms with Crippen molar-refractivity contribution < 1.29 is 18.3 Å². The monoisotopic (exact) mass is 300 g/mol. The molecule has 0 saturated carbocycles. The number of carbonyl (C=O) groups is 1. The minimum atomic E-state index is -3.51. The third-order valence-corrected chi connectivity index (χ3v) is 4.17. The van der Waals surface area contributed by atoms with Crippen LogP contribution in [0.15, 0.2) is 29.2 Å². The topological polar surface area (TPSA) is 95.5 Å². The third-order valence-electron chi connectivity index (χ3n) is 2.61. The molecule has 0 spiro atoms. The van der Waals surface area contributed by atoms with E-state index in [2.05, 4.69) is 10.0 Å². The number of nitrogens with one attached hydrogen (secondary N) is 2. The predicted octanol–water partition coefficient (Wildman–Crippen LogP) is 0.485. The van der Waals surface area contributed by atoms with Gasteiger partial charge in [0.2, 0.25) is 10.0 Å². The molecule has 0 saturated heterocycles. The lowest BCUT2D eigenvalue weighted by Gasteiger charge is -2.23. The molecular weight excluding hydrogens is 280 g/mol. The number of aliphatic hydroxyl groups excluding tert-OH is 1. The highest BCUT2D eigenvalue weighted by atomic mass is 32.2. The number of hydrogen-bond donors (Lipinski definition) is 3. The molecule has 112 valence electrons. The molecule has 0 aliphatic heterocycles. The van der Waals surface area contributed by atoms with Crippen LogP contribution in [-0.4, -0.2) is 38.1 Å². The summed E-state index contributed by atoms with van der Waals surface area (Å²) in [6.07, 6.45) is 0. The van der Waals surface area contributed by atoms with Gasteiger partial charge in [-0.1, -0.05) is 6.92 Å². The van der Waals surface area contributed by atoms with Crippen LogP contribution in [0.1, 0.15) is 31.1 Å². The van der Waals surface area contributed by atoms with Gasteiger partial charge in [0.1, 0.15) is 0 Å². The highest BCUT2D eigenvalue weighted by Crippen LogP contribution is 2.11. The van der Waals surface area contributed by atoms with E-state index in [4.69, 9.17) is 5.11 Å². The SMILES string of the molecule is CCNS(=O)(=O)c1ccc(C(=O)NC(C)(C)CO)cc1. The quantitative estimate of drug-likeness (QED) is 0.712. The molecule has 20 heavy (non-hydrogen) atoms. The molecule has 0 atom stereocenters. The second-order valence-electron chi connectivity index (χ2n) is 5.02. The molecule has 0 unspecified atom stereocenters. The van der Waals surface area contributed by atoms with E-state index in [-0.39, 0.29) is 17.4 Å². The fraction of sp³-hybridized carbons (Fsp3) is 0.462. The van der Waals surface area contributed by atoms with Crippen LogP contribution in [0.4, 0.5) is 0 Å². The lowest BCUT2D eigenvalue weighted by atomic mass is 10.1. The summed E-state index contributed by atoms with van der Waals surface area (Å²) in [5.74, 6) is -0.364. The van der Waals surface area contributed by atoms with Crippen molar-refractivity contribution in [3.63, 3.8) is 0 Å². The highest BCUT2D eigenvalue weighted by Gasteiger charge is 2.20. The van der Waals surface area contributed by atoms with Gasteiger partial charge < -0.3 is 10.4 Å². The first-order valence-electron chi connectivity index (χ1n) is 6.25. The van der Waals surface area contributed by atoms with E-state index in [1.165, 1.54) is 24.3 Å². The van der Waals surface area contributed by atoms with Crippen LogP contribution < -0.4 is 10.0 Å². The van der Waals surface area contributed by atoms with E-state index in [0.29, 0.717) is 12.1 Å². The smallest absolute Gasteiger partial charge is 0.251 e. The molecule has 0 fully saturated rings. The van der Waals surface area contributed by atoms with Crippen LogP contribution in [0.25, 0.3) is 0 Å². The van der Waals surface area contributed by atoms with Gasteiger partial charge in [0.15, 0.2) is 0 Å². The Labute approximate surface area is 119 Å². The standard InChI is InChI=1S/C13H20N2O4S/c1-4-14-20(18,19)11-7-5-10(6-8-11)12(17)15-13(2,3)9-16/h5-8,14,16H,4,9H2,1-3H3,(H,15,17). The van der Waals surface area contributed by atoms with Crippen molar-refractivity contribution in [2.45, 2.75) is 31.2 Å². The summed E-state index contributed by atoms with van der Waals surface area (Å²) >= 11 is 0. The largest absolute Gasteiger partial charge is 0.394 e. The molecule has 1 aromatic rings. The van der Waals surface area contributed by atoms with E-state index in [1.807, 2.05) is 0 Å². The molecule has 0 aliphatic rings. The van der Waals surface area contributed by atoms with E-state index in [9.17, 15) is 13.2 Å². The molecule has 0 aliphatic carbocycles. The van der Waals surface area contributed by atoms with E-state index in [1.54, 1.807) is 20.8 Å². The van der Waals surface area contributed by atoms with Crippen molar-refractivity contribution in [3.8, 4) is 0 Å². The summed E-state index contributed by atoms with van der Waals surface area (Å²) in [7, 11) is -3.51. The molecule has 6 nitrogen and oxygen atoms in total. The number of benzene rings is 1. The van der Waals surface area contributed by atoms with Crippen molar-refractivity contribution in [2.75, 3.05) is 13.2 Å². The van der Waals surface area contributed by atoms with E-state index < -0.39 is 15.6 Å². The second-order valence-corrected chi connectivity index (χ2v) is 6.79. The van der Waals surface area contributed by atoms with Crippen LogP contribution >= 0.6 is 0 Å². The highest BCUT2D eigenvalue weighted by molar-refractivity contribution is 7.89. The van der Waals surface area contributed by atoms with Gasteiger partial charge in [-0.05, 0) is 38.1 Å². The maximum Gasteiger partial charge on any atom is 0.251 e. The molecule has 3 N–H and O–H groups in total. The summed E-state index contributed by atoms with van der Waals surface area (Å²) in [5.41, 5.74) is -0.395. The Morgan fingerprint density at radius 1 is 1.25 bits per heavy atom. The molecule has 1 amide bonds. The maximum absolute atomic E-state index is 11.9. The number of aliphatic hydroxyl groups is 1. The summed E-state index contributed by atoms with van der Waals surface area (Å²) < 4.78 is 25.9. The predicted molar refractivity (Wildman–Crippen MR) is 75.9 cm³/mol. The average molecular weight is 300 g/mol. The van der Waals surface area contributed by atoms with Crippen LogP contribution in [0.5, 0.6) is 0 Å². The van der Waals surface area contributed by atoms with Gasteiger partial charge in [-0.15, -0.1) is 0 Å². The fourth-order valence-corrected chi connectivity index (χ4v) is 2.52. The zero-order chi connectivity index (χ0) is 15.4. The maximum atomic E-state index is 11.9. The van der Waals surface area contributed by atoms with Crippen molar-refractivity contribution in [3.05, 3.63) is 29.8 Å². The average Bonchev–Trinajstić information content (AvgIpc) is 2.38.